The summed E-state index contributed by atoms with van der Waals surface area (Å²) in [5.41, 5.74) is 9.60. The van der Waals surface area contributed by atoms with Crippen LogP contribution in [0.5, 0.6) is 0 Å². The van der Waals surface area contributed by atoms with Crippen LogP contribution in [0.15, 0.2) is 41.0 Å². The van der Waals surface area contributed by atoms with Gasteiger partial charge in [0, 0.05) is 21.5 Å². The third-order valence-corrected chi connectivity index (χ3v) is 4.86. The summed E-state index contributed by atoms with van der Waals surface area (Å²) in [7, 11) is 0. The minimum absolute atomic E-state index is 0.0708. The van der Waals surface area contributed by atoms with Gasteiger partial charge < -0.3 is 4.42 Å². The highest BCUT2D eigenvalue weighted by Gasteiger charge is 2.16. The lowest BCUT2D eigenvalue weighted by atomic mass is 10.0. The number of hydrazine groups is 1. The summed E-state index contributed by atoms with van der Waals surface area (Å²) in [6, 6.07) is 8.93. The second-order valence-electron chi connectivity index (χ2n) is 6.31. The molecular weight excluding hydrogens is 352 g/mol. The van der Waals surface area contributed by atoms with Crippen molar-refractivity contribution in [2.75, 3.05) is 0 Å². The highest BCUT2D eigenvalue weighted by atomic mass is 35.5. The van der Waals surface area contributed by atoms with Gasteiger partial charge in [-0.05, 0) is 50.1 Å². The van der Waals surface area contributed by atoms with Crippen molar-refractivity contribution in [3.63, 3.8) is 0 Å². The molecule has 0 fully saturated rings. The molecule has 2 N–H and O–H groups in total. The minimum atomic E-state index is -0.370. The number of benzene rings is 2. The van der Waals surface area contributed by atoms with E-state index in [0.29, 0.717) is 16.2 Å². The molecule has 0 aliphatic carbocycles. The van der Waals surface area contributed by atoms with Gasteiger partial charge >= 0.3 is 0 Å². The number of halogens is 1. The molecule has 3 rings (SSSR count). The van der Waals surface area contributed by atoms with E-state index in [1.54, 1.807) is 18.4 Å². The van der Waals surface area contributed by atoms with Gasteiger partial charge in [-0.2, -0.15) is 0 Å². The number of nitrogens with one attached hydrogen (secondary N) is 2. The summed E-state index contributed by atoms with van der Waals surface area (Å²) in [6.45, 7) is 5.74. The zero-order valence-electron chi connectivity index (χ0n) is 14.8. The second kappa shape index (κ2) is 7.22. The molecule has 0 unspecified atom stereocenters. The number of carbonyl (C=O) groups excluding carboxylic acids is 2. The van der Waals surface area contributed by atoms with Gasteiger partial charge in [0.05, 0.1) is 12.7 Å². The predicted octanol–water partition coefficient (Wildman–Crippen LogP) is 4.02. The SMILES string of the molecule is Cc1ccc(C(=O)NNC(=O)Cc2coc3cc(C)c(Cl)c(C)c23)cc1. The fraction of sp³-hybridized carbons (Fsp3) is 0.200. The Hall–Kier alpha value is -2.79. The first kappa shape index (κ1) is 18.0. The van der Waals surface area contributed by atoms with E-state index in [-0.39, 0.29) is 18.2 Å². The van der Waals surface area contributed by atoms with Crippen LogP contribution in [-0.2, 0) is 11.2 Å². The number of furan rings is 1. The van der Waals surface area contributed by atoms with Crippen LogP contribution in [0.1, 0.15) is 32.6 Å². The summed E-state index contributed by atoms with van der Waals surface area (Å²) in [5, 5.41) is 1.49. The zero-order valence-corrected chi connectivity index (χ0v) is 15.5. The fourth-order valence-corrected chi connectivity index (χ4v) is 3.01. The van der Waals surface area contributed by atoms with Crippen LogP contribution in [0.3, 0.4) is 0 Å². The Bertz CT molecular complexity index is 990. The Balaban J connectivity index is 1.69. The third-order valence-electron chi connectivity index (χ3n) is 4.27. The van der Waals surface area contributed by atoms with Crippen LogP contribution in [0.25, 0.3) is 11.0 Å². The molecule has 3 aromatic rings. The molecule has 0 aliphatic rings. The lowest BCUT2D eigenvalue weighted by Gasteiger charge is -2.08. The van der Waals surface area contributed by atoms with Crippen LogP contribution in [-0.4, -0.2) is 11.8 Å². The predicted molar refractivity (Wildman–Crippen MR) is 101 cm³/mol. The average molecular weight is 371 g/mol. The molecule has 1 heterocycles. The van der Waals surface area contributed by atoms with E-state index < -0.39 is 0 Å². The normalized spacial score (nSPS) is 10.8. The highest BCUT2D eigenvalue weighted by Crippen LogP contribution is 2.32. The highest BCUT2D eigenvalue weighted by molar-refractivity contribution is 6.33. The van der Waals surface area contributed by atoms with E-state index >= 15 is 0 Å². The van der Waals surface area contributed by atoms with Crippen LogP contribution in [0.2, 0.25) is 5.02 Å². The summed E-state index contributed by atoms with van der Waals surface area (Å²) >= 11 is 6.30. The van der Waals surface area contributed by atoms with E-state index in [4.69, 9.17) is 16.0 Å². The average Bonchev–Trinajstić information content (AvgIpc) is 3.00. The van der Waals surface area contributed by atoms with Crippen molar-refractivity contribution in [2.45, 2.75) is 27.2 Å². The number of hydrogen-bond donors (Lipinski definition) is 2. The number of carbonyl (C=O) groups is 2. The number of rotatable bonds is 3. The number of fused-ring (bicyclic) bond motifs is 1. The summed E-state index contributed by atoms with van der Waals surface area (Å²) in [6.07, 6.45) is 1.62. The quantitative estimate of drug-likeness (QED) is 0.684. The molecule has 0 atom stereocenters. The van der Waals surface area contributed by atoms with Gasteiger partial charge in [0.2, 0.25) is 5.91 Å². The van der Waals surface area contributed by atoms with Crippen LogP contribution in [0.4, 0.5) is 0 Å². The molecule has 26 heavy (non-hydrogen) atoms. The van der Waals surface area contributed by atoms with Gasteiger partial charge in [0.25, 0.3) is 5.91 Å². The van der Waals surface area contributed by atoms with E-state index in [9.17, 15) is 9.59 Å². The Morgan fingerprint density at radius 2 is 1.77 bits per heavy atom. The Kier molecular flexibility index (Phi) is 5.00. The number of amides is 2. The van der Waals surface area contributed by atoms with Crippen LogP contribution >= 0.6 is 11.6 Å². The van der Waals surface area contributed by atoms with Gasteiger partial charge in [-0.25, -0.2) is 0 Å². The molecule has 0 spiro atoms. The number of hydrogen-bond acceptors (Lipinski definition) is 3. The summed E-state index contributed by atoms with van der Waals surface area (Å²) < 4.78 is 5.55. The maximum atomic E-state index is 12.2. The molecule has 0 radical (unpaired) electrons. The Morgan fingerprint density at radius 1 is 1.08 bits per heavy atom. The standard InChI is InChI=1S/C20H19ClN2O3/c1-11-4-6-14(7-5-11)20(25)23-22-17(24)9-15-10-26-16-8-12(2)19(21)13(3)18(15)16/h4-8,10H,9H2,1-3H3,(H,22,24)(H,23,25). The van der Waals surface area contributed by atoms with Crippen molar-refractivity contribution in [1.82, 2.24) is 10.9 Å². The monoisotopic (exact) mass is 370 g/mol. The first-order chi connectivity index (χ1) is 12.4. The van der Waals surface area contributed by atoms with E-state index in [2.05, 4.69) is 10.9 Å². The molecule has 0 saturated carbocycles. The van der Waals surface area contributed by atoms with Crippen LogP contribution < -0.4 is 10.9 Å². The summed E-state index contributed by atoms with van der Waals surface area (Å²) in [4.78, 5) is 24.3. The molecule has 134 valence electrons. The Morgan fingerprint density at radius 3 is 2.46 bits per heavy atom. The molecule has 1 aromatic heterocycles. The maximum absolute atomic E-state index is 12.2. The maximum Gasteiger partial charge on any atom is 0.269 e. The molecule has 0 bridgehead atoms. The first-order valence-electron chi connectivity index (χ1n) is 8.18. The third kappa shape index (κ3) is 3.58. The van der Waals surface area contributed by atoms with Gasteiger partial charge in [-0.15, -0.1) is 0 Å². The fourth-order valence-electron chi connectivity index (χ4n) is 2.86. The van der Waals surface area contributed by atoms with Crippen molar-refractivity contribution < 1.29 is 14.0 Å². The Labute approximate surface area is 156 Å². The molecule has 2 amide bonds. The van der Waals surface area contributed by atoms with E-state index in [1.165, 1.54) is 0 Å². The smallest absolute Gasteiger partial charge is 0.269 e. The van der Waals surface area contributed by atoms with Crippen molar-refractivity contribution in [3.8, 4) is 0 Å². The van der Waals surface area contributed by atoms with Gasteiger partial charge in [0.15, 0.2) is 0 Å². The molecular formula is C20H19ClN2O3. The topological polar surface area (TPSA) is 71.3 Å². The van der Waals surface area contributed by atoms with Crippen LogP contribution in [0, 0.1) is 20.8 Å². The number of aryl methyl sites for hydroxylation is 3. The van der Waals surface area contributed by atoms with E-state index in [0.717, 1.165) is 27.6 Å². The molecule has 5 nitrogen and oxygen atoms in total. The van der Waals surface area contributed by atoms with Gasteiger partial charge in [0.1, 0.15) is 5.58 Å². The molecule has 6 heteroatoms. The molecule has 0 saturated heterocycles. The van der Waals surface area contributed by atoms with Crippen molar-refractivity contribution >= 4 is 34.4 Å². The minimum Gasteiger partial charge on any atom is -0.464 e. The largest absolute Gasteiger partial charge is 0.464 e. The van der Waals surface area contributed by atoms with Crippen molar-refractivity contribution in [3.05, 3.63) is 69.4 Å². The van der Waals surface area contributed by atoms with Crippen molar-refractivity contribution in [1.29, 1.82) is 0 Å². The van der Waals surface area contributed by atoms with Gasteiger partial charge in [-0.3, -0.25) is 20.4 Å². The van der Waals surface area contributed by atoms with Gasteiger partial charge in [-0.1, -0.05) is 29.3 Å². The van der Waals surface area contributed by atoms with Crippen molar-refractivity contribution in [2.24, 2.45) is 0 Å². The lowest BCUT2D eigenvalue weighted by Crippen LogP contribution is -2.42. The first-order valence-corrected chi connectivity index (χ1v) is 8.56. The van der Waals surface area contributed by atoms with E-state index in [1.807, 2.05) is 39.0 Å². The lowest BCUT2D eigenvalue weighted by molar-refractivity contribution is -0.121. The summed E-state index contributed by atoms with van der Waals surface area (Å²) in [5.74, 6) is -0.713. The zero-order chi connectivity index (χ0) is 18.8. The second-order valence-corrected chi connectivity index (χ2v) is 6.69. The molecule has 0 aliphatic heterocycles. The molecule has 2 aromatic carbocycles.